The maximum absolute atomic E-state index is 9.75. The molecule has 1 aromatic rings. The number of aliphatic hydroxyl groups is 1. The zero-order valence-corrected chi connectivity index (χ0v) is 8.01. The van der Waals surface area contributed by atoms with E-state index < -0.39 is 0 Å². The second-order valence-electron chi connectivity index (χ2n) is 3.32. The fourth-order valence-corrected chi connectivity index (χ4v) is 1.86. The highest BCUT2D eigenvalue weighted by atomic mass is 35.5. The van der Waals surface area contributed by atoms with Gasteiger partial charge in [0.25, 0.3) is 0 Å². The van der Waals surface area contributed by atoms with Crippen molar-refractivity contribution in [1.29, 1.82) is 0 Å². The fraction of sp³-hybridized carbons (Fsp3) is 0.400. The molecule has 0 spiro atoms. The predicted molar refractivity (Wildman–Crippen MR) is 52.7 cm³/mol. The van der Waals surface area contributed by atoms with Crippen LogP contribution >= 0.6 is 11.6 Å². The van der Waals surface area contributed by atoms with Gasteiger partial charge in [0.15, 0.2) is 0 Å². The maximum atomic E-state index is 9.75. The normalized spacial score (nSPS) is 22.2. The molecule has 1 aliphatic rings. The summed E-state index contributed by atoms with van der Waals surface area (Å²) in [5.41, 5.74) is 2.12. The van der Waals surface area contributed by atoms with E-state index in [1.807, 2.05) is 18.2 Å². The van der Waals surface area contributed by atoms with Gasteiger partial charge in [-0.25, -0.2) is 0 Å². The van der Waals surface area contributed by atoms with Gasteiger partial charge in [-0.3, -0.25) is 0 Å². The molecule has 2 rings (SSSR count). The van der Waals surface area contributed by atoms with Gasteiger partial charge in [0.05, 0.1) is 6.10 Å². The molecule has 3 heteroatoms. The first-order valence-electron chi connectivity index (χ1n) is 4.44. The Hall–Kier alpha value is -0.570. The van der Waals surface area contributed by atoms with E-state index in [0.717, 1.165) is 35.7 Å². The topological polar surface area (TPSA) is 32.3 Å². The number of aliphatic hydroxyl groups excluding tert-OH is 1. The van der Waals surface area contributed by atoms with Crippen LogP contribution in [-0.4, -0.2) is 11.7 Å². The summed E-state index contributed by atoms with van der Waals surface area (Å²) in [6, 6.07) is 5.66. The summed E-state index contributed by atoms with van der Waals surface area (Å²) in [6.07, 6.45) is 0.427. The van der Waals surface area contributed by atoms with Crippen molar-refractivity contribution < 1.29 is 5.11 Å². The third-order valence-corrected chi connectivity index (χ3v) is 2.61. The van der Waals surface area contributed by atoms with Gasteiger partial charge in [-0.1, -0.05) is 17.7 Å². The van der Waals surface area contributed by atoms with Gasteiger partial charge in [0, 0.05) is 11.6 Å². The minimum absolute atomic E-state index is 0.345. The molecule has 0 radical (unpaired) electrons. The van der Waals surface area contributed by atoms with Gasteiger partial charge in [0.2, 0.25) is 0 Å². The molecule has 1 aliphatic heterocycles. The number of nitrogens with one attached hydrogen (secondary N) is 1. The molecule has 13 heavy (non-hydrogen) atoms. The third-order valence-electron chi connectivity index (χ3n) is 2.37. The van der Waals surface area contributed by atoms with Crippen LogP contribution in [0, 0.1) is 0 Å². The molecule has 0 amide bonds. The van der Waals surface area contributed by atoms with E-state index in [2.05, 4.69) is 5.32 Å². The number of rotatable bonds is 0. The number of hydrogen-bond acceptors (Lipinski definition) is 2. The number of fused-ring (bicyclic) bond motifs is 1. The SMILES string of the molecule is OC1CCNCc2cc(Cl)ccc21. The van der Waals surface area contributed by atoms with E-state index >= 15 is 0 Å². The Balaban J connectivity index is 2.42. The predicted octanol–water partition coefficient (Wildman–Crippen LogP) is 1.87. The Morgan fingerprint density at radius 2 is 2.31 bits per heavy atom. The lowest BCUT2D eigenvalue weighted by Gasteiger charge is -2.10. The molecule has 1 heterocycles. The van der Waals surface area contributed by atoms with Gasteiger partial charge in [-0.2, -0.15) is 0 Å². The standard InChI is InChI=1S/C10H12ClNO/c11-8-1-2-9-7(5-8)6-12-4-3-10(9)13/h1-2,5,10,12-13H,3-4,6H2. The first-order valence-corrected chi connectivity index (χ1v) is 4.82. The van der Waals surface area contributed by atoms with Crippen LogP contribution < -0.4 is 5.32 Å². The average molecular weight is 198 g/mol. The van der Waals surface area contributed by atoms with Crippen molar-refractivity contribution in [1.82, 2.24) is 5.32 Å². The van der Waals surface area contributed by atoms with E-state index in [4.69, 9.17) is 11.6 Å². The summed E-state index contributed by atoms with van der Waals surface area (Å²) in [6.45, 7) is 1.65. The molecule has 2 N–H and O–H groups in total. The van der Waals surface area contributed by atoms with E-state index in [0.29, 0.717) is 0 Å². The molecule has 1 unspecified atom stereocenters. The van der Waals surface area contributed by atoms with E-state index in [9.17, 15) is 5.11 Å². The Bertz CT molecular complexity index is 314. The van der Waals surface area contributed by atoms with Crippen LogP contribution in [0.1, 0.15) is 23.7 Å². The van der Waals surface area contributed by atoms with Gasteiger partial charge in [0.1, 0.15) is 0 Å². The monoisotopic (exact) mass is 197 g/mol. The molecule has 0 bridgehead atoms. The minimum Gasteiger partial charge on any atom is -0.388 e. The Labute approximate surface area is 82.5 Å². The smallest absolute Gasteiger partial charge is 0.0805 e. The van der Waals surface area contributed by atoms with Crippen molar-refractivity contribution >= 4 is 11.6 Å². The molecule has 1 aromatic carbocycles. The van der Waals surface area contributed by atoms with Crippen molar-refractivity contribution in [3.63, 3.8) is 0 Å². The lowest BCUT2D eigenvalue weighted by molar-refractivity contribution is 0.170. The van der Waals surface area contributed by atoms with E-state index in [1.54, 1.807) is 0 Å². The molecular formula is C10H12ClNO. The van der Waals surface area contributed by atoms with Crippen LogP contribution in [0.2, 0.25) is 5.02 Å². The molecule has 0 saturated heterocycles. The first kappa shape index (κ1) is 9.00. The summed E-state index contributed by atoms with van der Waals surface area (Å²) < 4.78 is 0. The molecule has 0 saturated carbocycles. The summed E-state index contributed by atoms with van der Waals surface area (Å²) in [5.74, 6) is 0. The van der Waals surface area contributed by atoms with Crippen LogP contribution in [0.5, 0.6) is 0 Å². The quantitative estimate of drug-likeness (QED) is 0.666. The number of benzene rings is 1. The minimum atomic E-state index is -0.345. The highest BCUT2D eigenvalue weighted by Gasteiger charge is 2.15. The van der Waals surface area contributed by atoms with Gasteiger partial charge in [-0.15, -0.1) is 0 Å². The third kappa shape index (κ3) is 1.85. The average Bonchev–Trinajstić information content (AvgIpc) is 2.28. The lowest BCUT2D eigenvalue weighted by Crippen LogP contribution is -2.12. The van der Waals surface area contributed by atoms with Crippen molar-refractivity contribution in [2.24, 2.45) is 0 Å². The lowest BCUT2D eigenvalue weighted by atomic mass is 10.0. The molecular weight excluding hydrogens is 186 g/mol. The van der Waals surface area contributed by atoms with E-state index in [-0.39, 0.29) is 6.10 Å². The molecule has 70 valence electrons. The zero-order chi connectivity index (χ0) is 9.26. The second-order valence-corrected chi connectivity index (χ2v) is 3.76. The van der Waals surface area contributed by atoms with Gasteiger partial charge >= 0.3 is 0 Å². The van der Waals surface area contributed by atoms with Crippen molar-refractivity contribution in [2.75, 3.05) is 6.54 Å². The van der Waals surface area contributed by atoms with Crippen LogP contribution in [0.3, 0.4) is 0 Å². The summed E-state index contributed by atoms with van der Waals surface area (Å²) in [7, 11) is 0. The summed E-state index contributed by atoms with van der Waals surface area (Å²) >= 11 is 5.87. The Kier molecular flexibility index (Phi) is 2.54. The summed E-state index contributed by atoms with van der Waals surface area (Å²) in [4.78, 5) is 0. The molecule has 0 aliphatic carbocycles. The zero-order valence-electron chi connectivity index (χ0n) is 7.26. The van der Waals surface area contributed by atoms with Crippen molar-refractivity contribution in [3.05, 3.63) is 34.3 Å². The van der Waals surface area contributed by atoms with Crippen molar-refractivity contribution in [2.45, 2.75) is 19.1 Å². The highest BCUT2D eigenvalue weighted by molar-refractivity contribution is 6.30. The molecule has 0 aromatic heterocycles. The second kappa shape index (κ2) is 3.66. The van der Waals surface area contributed by atoms with Crippen LogP contribution in [0.4, 0.5) is 0 Å². The molecule has 1 atom stereocenters. The fourth-order valence-electron chi connectivity index (χ4n) is 1.67. The van der Waals surface area contributed by atoms with Crippen molar-refractivity contribution in [3.8, 4) is 0 Å². The Morgan fingerprint density at radius 1 is 1.46 bits per heavy atom. The van der Waals surface area contributed by atoms with E-state index in [1.165, 1.54) is 0 Å². The van der Waals surface area contributed by atoms with Crippen LogP contribution in [0.15, 0.2) is 18.2 Å². The number of halogens is 1. The molecule has 0 fully saturated rings. The van der Waals surface area contributed by atoms with Gasteiger partial charge < -0.3 is 10.4 Å². The first-order chi connectivity index (χ1) is 6.27. The highest BCUT2D eigenvalue weighted by Crippen LogP contribution is 2.25. The maximum Gasteiger partial charge on any atom is 0.0805 e. The number of hydrogen-bond donors (Lipinski definition) is 2. The Morgan fingerprint density at radius 3 is 3.15 bits per heavy atom. The van der Waals surface area contributed by atoms with Crippen LogP contribution in [-0.2, 0) is 6.54 Å². The largest absolute Gasteiger partial charge is 0.388 e. The van der Waals surface area contributed by atoms with Crippen LogP contribution in [0.25, 0.3) is 0 Å². The van der Waals surface area contributed by atoms with Gasteiger partial charge in [-0.05, 0) is 36.2 Å². The molecule has 2 nitrogen and oxygen atoms in total. The summed E-state index contributed by atoms with van der Waals surface area (Å²) in [5, 5.41) is 13.7.